The Balaban J connectivity index is 2.00. The van der Waals surface area contributed by atoms with Crippen molar-refractivity contribution in [3.8, 4) is 12.3 Å². The summed E-state index contributed by atoms with van der Waals surface area (Å²) >= 11 is 0. The quantitative estimate of drug-likeness (QED) is 0.844. The predicted octanol–water partition coefficient (Wildman–Crippen LogP) is 2.51. The molecule has 1 heterocycles. The molecule has 0 aliphatic heterocycles. The van der Waals surface area contributed by atoms with Crippen LogP contribution >= 0.6 is 0 Å². The summed E-state index contributed by atoms with van der Waals surface area (Å²) in [6.45, 7) is 1.23. The number of aryl methyl sites for hydroxylation is 2. The van der Waals surface area contributed by atoms with E-state index in [0.717, 1.165) is 43.5 Å². The van der Waals surface area contributed by atoms with E-state index in [1.807, 2.05) is 11.0 Å². The number of carboxylic acid groups (broad SMARTS) is 1. The minimum absolute atomic E-state index is 0.298. The largest absolute Gasteiger partial charge is 0.478 e. The van der Waals surface area contributed by atoms with E-state index in [-0.39, 0.29) is 0 Å². The maximum Gasteiger partial charge on any atom is 0.339 e. The van der Waals surface area contributed by atoms with Crippen molar-refractivity contribution in [2.75, 3.05) is 18.0 Å². The zero-order chi connectivity index (χ0) is 14.8. The van der Waals surface area contributed by atoms with Crippen molar-refractivity contribution in [1.29, 1.82) is 0 Å². The van der Waals surface area contributed by atoms with Crippen LogP contribution in [-0.4, -0.2) is 29.1 Å². The van der Waals surface area contributed by atoms with E-state index in [0.29, 0.717) is 23.8 Å². The van der Waals surface area contributed by atoms with Gasteiger partial charge in [0.25, 0.3) is 0 Å². The zero-order valence-corrected chi connectivity index (χ0v) is 12.1. The first-order chi connectivity index (χ1) is 10.2. The molecule has 1 saturated carbocycles. The normalized spacial score (nSPS) is 16.9. The minimum Gasteiger partial charge on any atom is -0.478 e. The number of rotatable bonds is 5. The molecule has 0 atom stereocenters. The van der Waals surface area contributed by atoms with Gasteiger partial charge in [-0.15, -0.1) is 6.42 Å². The molecule has 0 bridgehead atoms. The van der Waals surface area contributed by atoms with Crippen LogP contribution in [0.3, 0.4) is 0 Å². The SMILES string of the molecule is C#CCN(CC1CC1)c1nc2c(cc1C(=O)O)CCCC2. The second kappa shape index (κ2) is 5.77. The summed E-state index contributed by atoms with van der Waals surface area (Å²) in [6, 6.07) is 1.82. The topological polar surface area (TPSA) is 53.4 Å². The average molecular weight is 284 g/mol. The van der Waals surface area contributed by atoms with Crippen LogP contribution in [0, 0.1) is 18.3 Å². The first kappa shape index (κ1) is 13.9. The lowest BCUT2D eigenvalue weighted by atomic mass is 9.94. The van der Waals surface area contributed by atoms with Gasteiger partial charge in [-0.25, -0.2) is 9.78 Å². The maximum absolute atomic E-state index is 11.6. The molecule has 1 aromatic rings. The third-order valence-corrected chi connectivity index (χ3v) is 4.27. The van der Waals surface area contributed by atoms with Crippen LogP contribution in [0.25, 0.3) is 0 Å². The number of hydrogen-bond acceptors (Lipinski definition) is 3. The number of terminal acetylenes is 1. The van der Waals surface area contributed by atoms with Crippen LogP contribution in [0.2, 0.25) is 0 Å². The zero-order valence-electron chi connectivity index (χ0n) is 12.1. The fraction of sp³-hybridized carbons (Fsp3) is 0.529. The second-order valence-corrected chi connectivity index (χ2v) is 6.01. The van der Waals surface area contributed by atoms with E-state index in [4.69, 9.17) is 6.42 Å². The predicted molar refractivity (Wildman–Crippen MR) is 81.6 cm³/mol. The minimum atomic E-state index is -0.913. The summed E-state index contributed by atoms with van der Waals surface area (Å²) in [4.78, 5) is 18.3. The van der Waals surface area contributed by atoms with Gasteiger partial charge in [0.2, 0.25) is 0 Å². The molecule has 0 saturated heterocycles. The number of aromatic carboxylic acids is 1. The standard InChI is InChI=1S/C17H20N2O2/c1-2-9-19(11-12-7-8-12)16-14(17(20)21)10-13-5-3-4-6-15(13)18-16/h1,10,12H,3-9,11H2,(H,20,21). The van der Waals surface area contributed by atoms with Gasteiger partial charge in [0.15, 0.2) is 0 Å². The maximum atomic E-state index is 11.6. The Kier molecular flexibility index (Phi) is 3.83. The van der Waals surface area contributed by atoms with Gasteiger partial charge in [-0.2, -0.15) is 0 Å². The fourth-order valence-electron chi connectivity index (χ4n) is 2.97. The number of carboxylic acids is 1. The van der Waals surface area contributed by atoms with E-state index in [1.54, 1.807) is 0 Å². The van der Waals surface area contributed by atoms with Crippen molar-refractivity contribution in [2.45, 2.75) is 38.5 Å². The van der Waals surface area contributed by atoms with Crippen LogP contribution in [0.5, 0.6) is 0 Å². The molecular weight excluding hydrogens is 264 g/mol. The van der Waals surface area contributed by atoms with E-state index < -0.39 is 5.97 Å². The van der Waals surface area contributed by atoms with Crippen molar-refractivity contribution in [3.63, 3.8) is 0 Å². The van der Waals surface area contributed by atoms with Crippen molar-refractivity contribution in [1.82, 2.24) is 4.98 Å². The summed E-state index contributed by atoms with van der Waals surface area (Å²) < 4.78 is 0. The molecule has 1 aromatic heterocycles. The Morgan fingerprint density at radius 3 is 2.86 bits per heavy atom. The second-order valence-electron chi connectivity index (χ2n) is 6.01. The van der Waals surface area contributed by atoms with E-state index in [2.05, 4.69) is 10.9 Å². The fourth-order valence-corrected chi connectivity index (χ4v) is 2.97. The Bertz CT molecular complexity index is 600. The summed E-state index contributed by atoms with van der Waals surface area (Å²) in [5.41, 5.74) is 2.44. The Morgan fingerprint density at radius 2 is 2.19 bits per heavy atom. The Morgan fingerprint density at radius 1 is 1.43 bits per heavy atom. The highest BCUT2D eigenvalue weighted by Crippen LogP contribution is 2.33. The molecule has 0 aromatic carbocycles. The number of anilines is 1. The lowest BCUT2D eigenvalue weighted by molar-refractivity contribution is 0.0697. The molecule has 0 unspecified atom stereocenters. The molecule has 0 radical (unpaired) electrons. The Labute approximate surface area is 125 Å². The number of fused-ring (bicyclic) bond motifs is 1. The lowest BCUT2D eigenvalue weighted by Crippen LogP contribution is -2.29. The highest BCUT2D eigenvalue weighted by atomic mass is 16.4. The Hall–Kier alpha value is -2.02. The summed E-state index contributed by atoms with van der Waals surface area (Å²) in [6.07, 6.45) is 12.0. The van der Waals surface area contributed by atoms with E-state index in [1.165, 1.54) is 12.8 Å². The first-order valence-electron chi connectivity index (χ1n) is 7.63. The van der Waals surface area contributed by atoms with Gasteiger partial charge in [0.1, 0.15) is 11.4 Å². The van der Waals surface area contributed by atoms with Crippen molar-refractivity contribution in [2.24, 2.45) is 5.92 Å². The van der Waals surface area contributed by atoms with Crippen LogP contribution in [0.1, 0.15) is 47.3 Å². The summed E-state index contributed by atoms with van der Waals surface area (Å²) in [7, 11) is 0. The molecule has 4 heteroatoms. The lowest BCUT2D eigenvalue weighted by Gasteiger charge is -2.25. The number of aromatic nitrogens is 1. The smallest absolute Gasteiger partial charge is 0.339 e. The average Bonchev–Trinajstić information content (AvgIpc) is 3.29. The number of hydrogen-bond donors (Lipinski definition) is 1. The molecule has 1 fully saturated rings. The van der Waals surface area contributed by atoms with Gasteiger partial charge in [0, 0.05) is 12.2 Å². The van der Waals surface area contributed by atoms with Crippen molar-refractivity contribution in [3.05, 3.63) is 22.9 Å². The van der Waals surface area contributed by atoms with Crippen LogP contribution in [0.15, 0.2) is 6.07 Å². The van der Waals surface area contributed by atoms with E-state index in [9.17, 15) is 9.90 Å². The monoisotopic (exact) mass is 284 g/mol. The first-order valence-corrected chi connectivity index (χ1v) is 7.63. The van der Waals surface area contributed by atoms with E-state index >= 15 is 0 Å². The molecular formula is C17H20N2O2. The van der Waals surface area contributed by atoms with Gasteiger partial charge in [0.05, 0.1) is 6.54 Å². The van der Waals surface area contributed by atoms with Crippen LogP contribution in [-0.2, 0) is 12.8 Å². The van der Waals surface area contributed by atoms with Crippen molar-refractivity contribution < 1.29 is 9.90 Å². The molecule has 21 heavy (non-hydrogen) atoms. The van der Waals surface area contributed by atoms with Gasteiger partial charge < -0.3 is 10.0 Å². The number of pyridine rings is 1. The van der Waals surface area contributed by atoms with Gasteiger partial charge in [-0.1, -0.05) is 5.92 Å². The molecule has 0 spiro atoms. The number of nitrogens with zero attached hydrogens (tertiary/aromatic N) is 2. The van der Waals surface area contributed by atoms with Crippen molar-refractivity contribution >= 4 is 11.8 Å². The molecule has 2 aliphatic rings. The molecule has 2 aliphatic carbocycles. The van der Waals surface area contributed by atoms with Gasteiger partial charge >= 0.3 is 5.97 Å². The molecule has 0 amide bonds. The number of carbonyl (C=O) groups is 1. The third kappa shape index (κ3) is 3.02. The highest BCUT2D eigenvalue weighted by molar-refractivity contribution is 5.93. The summed E-state index contributed by atoms with van der Waals surface area (Å²) in [5.74, 6) is 2.93. The van der Waals surface area contributed by atoms with Crippen LogP contribution in [0.4, 0.5) is 5.82 Å². The molecule has 110 valence electrons. The molecule has 4 nitrogen and oxygen atoms in total. The third-order valence-electron chi connectivity index (χ3n) is 4.27. The molecule has 1 N–H and O–H groups in total. The molecule has 3 rings (SSSR count). The highest BCUT2D eigenvalue weighted by Gasteiger charge is 2.28. The summed E-state index contributed by atoms with van der Waals surface area (Å²) in [5, 5.41) is 9.52. The van der Waals surface area contributed by atoms with Crippen LogP contribution < -0.4 is 4.90 Å². The van der Waals surface area contributed by atoms with Gasteiger partial charge in [-0.05, 0) is 56.1 Å². The van der Waals surface area contributed by atoms with Gasteiger partial charge in [-0.3, -0.25) is 0 Å².